The number of carbonyl (C=O) groups excluding carboxylic acids is 1. The minimum absolute atomic E-state index is 0.0448. The van der Waals surface area contributed by atoms with Crippen molar-refractivity contribution in [3.05, 3.63) is 59.1 Å². The molecule has 2 rings (SSSR count). The second kappa shape index (κ2) is 13.0. The molecule has 1 amide bonds. The number of nitrogens with two attached hydrogens (primary N) is 1. The van der Waals surface area contributed by atoms with E-state index < -0.39 is 6.10 Å². The van der Waals surface area contributed by atoms with E-state index in [9.17, 15) is 9.90 Å². The Bertz CT molecular complexity index is 726. The predicted molar refractivity (Wildman–Crippen MR) is 114 cm³/mol. The van der Waals surface area contributed by atoms with E-state index in [1.165, 1.54) is 0 Å². The minimum atomic E-state index is -0.591. The average Bonchev–Trinajstić information content (AvgIpc) is 2.73. The highest BCUT2D eigenvalue weighted by Crippen LogP contribution is 2.15. The number of amides is 1. The zero-order valence-corrected chi connectivity index (χ0v) is 17.0. The molecule has 0 aliphatic rings. The van der Waals surface area contributed by atoms with E-state index in [2.05, 4.69) is 10.6 Å². The molecule has 7 nitrogen and oxygen atoms in total. The van der Waals surface area contributed by atoms with Gasteiger partial charge in [-0.2, -0.15) is 0 Å². The number of nitrogens with one attached hydrogen (secondary N) is 2. The molecule has 0 bridgehead atoms. The summed E-state index contributed by atoms with van der Waals surface area (Å²) in [6.07, 6.45) is 0.102. The fraction of sp³-hybridized carbons (Fsp3) is 0.381. The molecule has 2 aromatic rings. The quantitative estimate of drug-likeness (QED) is 0.364. The van der Waals surface area contributed by atoms with Crippen LogP contribution < -0.4 is 25.8 Å². The van der Waals surface area contributed by atoms with Crippen LogP contribution in [0.25, 0.3) is 0 Å². The van der Waals surface area contributed by atoms with Gasteiger partial charge in [0.2, 0.25) is 0 Å². The van der Waals surface area contributed by atoms with Crippen molar-refractivity contribution in [1.29, 1.82) is 0 Å². The van der Waals surface area contributed by atoms with Crippen LogP contribution in [0.1, 0.15) is 5.56 Å². The Morgan fingerprint density at radius 2 is 1.69 bits per heavy atom. The molecule has 158 valence electrons. The maximum Gasteiger partial charge on any atom is 0.257 e. The highest BCUT2D eigenvalue weighted by atomic mass is 35.5. The zero-order chi connectivity index (χ0) is 20.9. The molecule has 0 aromatic heterocycles. The molecule has 1 unspecified atom stereocenters. The van der Waals surface area contributed by atoms with E-state index in [1.807, 2.05) is 24.3 Å². The van der Waals surface area contributed by atoms with Gasteiger partial charge in [0.1, 0.15) is 24.2 Å². The Morgan fingerprint density at radius 3 is 2.38 bits per heavy atom. The highest BCUT2D eigenvalue weighted by molar-refractivity contribution is 6.30. The van der Waals surface area contributed by atoms with Crippen molar-refractivity contribution in [2.24, 2.45) is 5.73 Å². The average molecular weight is 422 g/mol. The van der Waals surface area contributed by atoms with E-state index in [-0.39, 0.29) is 19.1 Å². The molecule has 2 aromatic carbocycles. The number of halogens is 1. The molecular formula is C21H28ClN3O4. The molecule has 0 fully saturated rings. The number of carbonyl (C=O) groups is 1. The van der Waals surface area contributed by atoms with Crippen molar-refractivity contribution in [3.8, 4) is 11.5 Å². The normalized spacial score (nSPS) is 11.7. The molecule has 5 N–H and O–H groups in total. The van der Waals surface area contributed by atoms with Gasteiger partial charge >= 0.3 is 0 Å². The Labute approximate surface area is 176 Å². The molecule has 0 saturated heterocycles. The monoisotopic (exact) mass is 421 g/mol. The number of aliphatic hydroxyl groups excluding tert-OH is 1. The van der Waals surface area contributed by atoms with E-state index in [1.54, 1.807) is 24.3 Å². The summed E-state index contributed by atoms with van der Waals surface area (Å²) >= 11 is 5.81. The van der Waals surface area contributed by atoms with Crippen LogP contribution in [0, 0.1) is 0 Å². The minimum Gasteiger partial charge on any atom is -0.491 e. The summed E-state index contributed by atoms with van der Waals surface area (Å²) in [6.45, 7) is 2.31. The lowest BCUT2D eigenvalue weighted by Crippen LogP contribution is -2.34. The third-order valence-electron chi connectivity index (χ3n) is 3.99. The van der Waals surface area contributed by atoms with Crippen molar-refractivity contribution in [2.45, 2.75) is 12.5 Å². The molecule has 0 aliphatic carbocycles. The van der Waals surface area contributed by atoms with E-state index in [0.29, 0.717) is 49.1 Å². The van der Waals surface area contributed by atoms with Crippen molar-refractivity contribution in [1.82, 2.24) is 10.6 Å². The van der Waals surface area contributed by atoms with Gasteiger partial charge in [-0.15, -0.1) is 0 Å². The second-order valence-corrected chi connectivity index (χ2v) is 6.88. The number of hydrogen-bond acceptors (Lipinski definition) is 6. The van der Waals surface area contributed by atoms with Gasteiger partial charge < -0.3 is 30.9 Å². The first kappa shape index (κ1) is 23.0. The Balaban J connectivity index is 1.61. The summed E-state index contributed by atoms with van der Waals surface area (Å²) in [5.41, 5.74) is 6.45. The number of ether oxygens (including phenoxy) is 2. The smallest absolute Gasteiger partial charge is 0.257 e. The molecule has 1 atom stereocenters. The molecule has 29 heavy (non-hydrogen) atoms. The fourth-order valence-corrected chi connectivity index (χ4v) is 2.58. The van der Waals surface area contributed by atoms with E-state index >= 15 is 0 Å². The van der Waals surface area contributed by atoms with E-state index in [4.69, 9.17) is 26.8 Å². The highest BCUT2D eigenvalue weighted by Gasteiger charge is 2.05. The van der Waals surface area contributed by atoms with Crippen molar-refractivity contribution in [3.63, 3.8) is 0 Å². The summed E-state index contributed by atoms with van der Waals surface area (Å²) in [6, 6.07) is 14.4. The Morgan fingerprint density at radius 1 is 1.03 bits per heavy atom. The van der Waals surface area contributed by atoms with Crippen LogP contribution in [0.3, 0.4) is 0 Å². The van der Waals surface area contributed by atoms with Crippen LogP contribution in [0.5, 0.6) is 11.5 Å². The SMILES string of the molecule is NCCNCC(O)COc1ccc(CCNC(=O)COc2ccc(Cl)cc2)cc1. The van der Waals surface area contributed by atoms with Crippen molar-refractivity contribution < 1.29 is 19.4 Å². The van der Waals surface area contributed by atoms with Gasteiger partial charge in [-0.05, 0) is 48.4 Å². The van der Waals surface area contributed by atoms with Crippen LogP contribution >= 0.6 is 11.6 Å². The van der Waals surface area contributed by atoms with Gasteiger partial charge in [0.15, 0.2) is 6.61 Å². The third-order valence-corrected chi connectivity index (χ3v) is 4.24. The van der Waals surface area contributed by atoms with Crippen molar-refractivity contribution >= 4 is 17.5 Å². The van der Waals surface area contributed by atoms with Gasteiger partial charge in [-0.3, -0.25) is 4.79 Å². The van der Waals surface area contributed by atoms with Gasteiger partial charge in [0, 0.05) is 31.2 Å². The van der Waals surface area contributed by atoms with Crippen LogP contribution in [0.15, 0.2) is 48.5 Å². The fourth-order valence-electron chi connectivity index (χ4n) is 2.45. The van der Waals surface area contributed by atoms with Gasteiger partial charge in [0.25, 0.3) is 5.91 Å². The number of hydrogen-bond donors (Lipinski definition) is 4. The summed E-state index contributed by atoms with van der Waals surface area (Å²) in [5, 5.41) is 16.3. The topological polar surface area (TPSA) is 106 Å². The van der Waals surface area contributed by atoms with Crippen LogP contribution in [-0.4, -0.2) is 56.5 Å². The summed E-state index contributed by atoms with van der Waals surface area (Å²) in [7, 11) is 0. The zero-order valence-electron chi connectivity index (χ0n) is 16.3. The molecule has 8 heteroatoms. The van der Waals surface area contributed by atoms with Gasteiger partial charge in [-0.1, -0.05) is 23.7 Å². The molecule has 0 spiro atoms. The summed E-state index contributed by atoms with van der Waals surface area (Å²) in [5.74, 6) is 1.10. The first-order valence-corrected chi connectivity index (χ1v) is 9.90. The van der Waals surface area contributed by atoms with Crippen LogP contribution in [0.2, 0.25) is 5.02 Å². The first-order chi connectivity index (χ1) is 14.1. The maximum atomic E-state index is 11.9. The summed E-state index contributed by atoms with van der Waals surface area (Å²) < 4.78 is 11.0. The van der Waals surface area contributed by atoms with E-state index in [0.717, 1.165) is 5.56 Å². The number of rotatable bonds is 13. The predicted octanol–water partition coefficient (Wildman–Crippen LogP) is 1.37. The Hall–Kier alpha value is -2.32. The van der Waals surface area contributed by atoms with Crippen molar-refractivity contribution in [2.75, 3.05) is 39.4 Å². The lowest BCUT2D eigenvalue weighted by Gasteiger charge is -2.13. The first-order valence-electron chi connectivity index (χ1n) is 9.52. The molecule has 0 aliphatic heterocycles. The standard InChI is InChI=1S/C21H28ClN3O4/c22-17-3-7-20(8-4-17)29-15-21(27)25-11-9-16-1-5-19(6-2-16)28-14-18(26)13-24-12-10-23/h1-8,18,24,26H,9-15,23H2,(H,25,27). The molecular weight excluding hydrogens is 394 g/mol. The van der Waals surface area contributed by atoms with Gasteiger partial charge in [0.05, 0.1) is 0 Å². The van der Waals surface area contributed by atoms with Crippen LogP contribution in [0.4, 0.5) is 0 Å². The lowest BCUT2D eigenvalue weighted by atomic mass is 10.1. The molecule has 0 heterocycles. The Kier molecular flexibility index (Phi) is 10.3. The number of aliphatic hydroxyl groups is 1. The van der Waals surface area contributed by atoms with Gasteiger partial charge in [-0.25, -0.2) is 0 Å². The second-order valence-electron chi connectivity index (χ2n) is 6.44. The molecule has 0 saturated carbocycles. The maximum absolute atomic E-state index is 11.9. The third kappa shape index (κ3) is 9.62. The van der Waals surface area contributed by atoms with Crippen LogP contribution in [-0.2, 0) is 11.2 Å². The summed E-state index contributed by atoms with van der Waals surface area (Å²) in [4.78, 5) is 11.9. The lowest BCUT2D eigenvalue weighted by molar-refractivity contribution is -0.123. The molecule has 0 radical (unpaired) electrons. The largest absolute Gasteiger partial charge is 0.491 e. The number of benzene rings is 2.